The van der Waals surface area contributed by atoms with E-state index in [9.17, 15) is 9.59 Å². The van der Waals surface area contributed by atoms with Gasteiger partial charge in [-0.05, 0) is 24.0 Å². The summed E-state index contributed by atoms with van der Waals surface area (Å²) >= 11 is 6.09. The third-order valence-corrected chi connectivity index (χ3v) is 4.49. The van der Waals surface area contributed by atoms with E-state index < -0.39 is 5.91 Å². The number of amides is 2. The maximum atomic E-state index is 12.5. The van der Waals surface area contributed by atoms with Crippen molar-refractivity contribution in [3.05, 3.63) is 82.5 Å². The fraction of sp³-hybridized carbons (Fsp3) is 0.200. The SMILES string of the molecule is O=C1C(Cl)=C(NCCc2ccccc2)C(=O)N1CCc1ccccc1. The smallest absolute Gasteiger partial charge is 0.278 e. The van der Waals surface area contributed by atoms with Gasteiger partial charge in [0.25, 0.3) is 11.8 Å². The van der Waals surface area contributed by atoms with E-state index in [-0.39, 0.29) is 16.6 Å². The van der Waals surface area contributed by atoms with Gasteiger partial charge in [0.1, 0.15) is 10.7 Å². The molecule has 0 saturated carbocycles. The summed E-state index contributed by atoms with van der Waals surface area (Å²) in [6.45, 7) is 0.864. The lowest BCUT2D eigenvalue weighted by atomic mass is 10.1. The molecule has 128 valence electrons. The van der Waals surface area contributed by atoms with Crippen LogP contribution >= 0.6 is 11.6 Å². The normalized spacial score (nSPS) is 14.4. The molecule has 0 aliphatic carbocycles. The van der Waals surface area contributed by atoms with Gasteiger partial charge in [-0.2, -0.15) is 0 Å². The standard InChI is InChI=1S/C20H19ClN2O2/c21-17-18(22-13-11-15-7-3-1-4-8-15)20(25)23(19(17)24)14-12-16-9-5-2-6-10-16/h1-10,22H,11-14H2. The number of carbonyl (C=O) groups excluding carboxylic acids is 2. The number of carbonyl (C=O) groups is 2. The Morgan fingerprint density at radius 3 is 1.96 bits per heavy atom. The lowest BCUT2D eigenvalue weighted by molar-refractivity contribution is -0.137. The van der Waals surface area contributed by atoms with Gasteiger partial charge in [0, 0.05) is 13.1 Å². The van der Waals surface area contributed by atoms with Crippen LogP contribution in [0.5, 0.6) is 0 Å². The molecule has 0 spiro atoms. The van der Waals surface area contributed by atoms with Crippen LogP contribution in [0.25, 0.3) is 0 Å². The van der Waals surface area contributed by atoms with Crippen molar-refractivity contribution in [3.8, 4) is 0 Å². The van der Waals surface area contributed by atoms with Crippen LogP contribution in [0, 0.1) is 0 Å². The Labute approximate surface area is 152 Å². The van der Waals surface area contributed by atoms with Crippen molar-refractivity contribution in [2.75, 3.05) is 13.1 Å². The summed E-state index contributed by atoms with van der Waals surface area (Å²) in [5.41, 5.74) is 2.43. The van der Waals surface area contributed by atoms with Gasteiger partial charge in [0.15, 0.2) is 0 Å². The van der Waals surface area contributed by atoms with Gasteiger partial charge in [0.2, 0.25) is 0 Å². The average Bonchev–Trinajstić information content (AvgIpc) is 2.85. The number of nitrogens with zero attached hydrogens (tertiary/aromatic N) is 1. The van der Waals surface area contributed by atoms with E-state index >= 15 is 0 Å². The van der Waals surface area contributed by atoms with E-state index in [4.69, 9.17) is 11.6 Å². The maximum absolute atomic E-state index is 12.5. The van der Waals surface area contributed by atoms with Crippen LogP contribution in [0.2, 0.25) is 0 Å². The number of rotatable bonds is 7. The Morgan fingerprint density at radius 2 is 1.36 bits per heavy atom. The van der Waals surface area contributed by atoms with Crippen LogP contribution in [-0.4, -0.2) is 29.8 Å². The molecule has 25 heavy (non-hydrogen) atoms. The Balaban J connectivity index is 1.57. The van der Waals surface area contributed by atoms with E-state index in [1.807, 2.05) is 60.7 Å². The second kappa shape index (κ2) is 7.99. The quantitative estimate of drug-likeness (QED) is 0.778. The van der Waals surface area contributed by atoms with Crippen molar-refractivity contribution in [2.24, 2.45) is 0 Å². The first-order chi connectivity index (χ1) is 12.2. The summed E-state index contributed by atoms with van der Waals surface area (Å²) in [4.78, 5) is 26.0. The zero-order chi connectivity index (χ0) is 17.6. The third-order valence-electron chi connectivity index (χ3n) is 4.14. The minimum Gasteiger partial charge on any atom is -0.379 e. The molecule has 0 radical (unpaired) electrons. The molecule has 2 aromatic carbocycles. The highest BCUT2D eigenvalue weighted by atomic mass is 35.5. The summed E-state index contributed by atoms with van der Waals surface area (Å²) < 4.78 is 0. The van der Waals surface area contributed by atoms with Crippen LogP contribution < -0.4 is 5.32 Å². The van der Waals surface area contributed by atoms with Crippen LogP contribution in [0.15, 0.2) is 71.4 Å². The Morgan fingerprint density at radius 1 is 0.800 bits per heavy atom. The largest absolute Gasteiger partial charge is 0.379 e. The predicted octanol–water partition coefficient (Wildman–Crippen LogP) is 2.88. The number of imide groups is 1. The van der Waals surface area contributed by atoms with Crippen molar-refractivity contribution >= 4 is 23.4 Å². The Hall–Kier alpha value is -2.59. The third kappa shape index (κ3) is 4.09. The highest BCUT2D eigenvalue weighted by Crippen LogP contribution is 2.22. The summed E-state index contributed by atoms with van der Waals surface area (Å²) in [6.07, 6.45) is 1.36. The van der Waals surface area contributed by atoms with E-state index in [1.165, 1.54) is 4.90 Å². The number of hydrogen-bond acceptors (Lipinski definition) is 3. The number of nitrogens with one attached hydrogen (secondary N) is 1. The number of hydrogen-bond donors (Lipinski definition) is 1. The number of benzene rings is 2. The van der Waals surface area contributed by atoms with Crippen molar-refractivity contribution in [2.45, 2.75) is 12.8 Å². The highest BCUT2D eigenvalue weighted by molar-refractivity contribution is 6.47. The lowest BCUT2D eigenvalue weighted by Gasteiger charge is -2.15. The molecule has 0 aromatic heterocycles. The van der Waals surface area contributed by atoms with E-state index in [1.54, 1.807) is 0 Å². The molecule has 1 N–H and O–H groups in total. The van der Waals surface area contributed by atoms with Gasteiger partial charge in [-0.25, -0.2) is 0 Å². The van der Waals surface area contributed by atoms with E-state index in [2.05, 4.69) is 5.32 Å². The van der Waals surface area contributed by atoms with Crippen molar-refractivity contribution in [3.63, 3.8) is 0 Å². The van der Waals surface area contributed by atoms with Gasteiger partial charge in [0.05, 0.1) is 0 Å². The monoisotopic (exact) mass is 354 g/mol. The molecular weight excluding hydrogens is 336 g/mol. The summed E-state index contributed by atoms with van der Waals surface area (Å²) in [7, 11) is 0. The van der Waals surface area contributed by atoms with Gasteiger partial charge in [-0.15, -0.1) is 0 Å². The molecule has 0 fully saturated rings. The molecule has 0 bridgehead atoms. The second-order valence-corrected chi connectivity index (χ2v) is 6.23. The van der Waals surface area contributed by atoms with Crippen molar-refractivity contribution in [1.82, 2.24) is 10.2 Å². The zero-order valence-corrected chi connectivity index (χ0v) is 14.5. The minimum atomic E-state index is -0.426. The summed E-state index contributed by atoms with van der Waals surface area (Å²) in [5.74, 6) is -0.774. The lowest BCUT2D eigenvalue weighted by Crippen LogP contribution is -2.35. The minimum absolute atomic E-state index is 0.0221. The second-order valence-electron chi connectivity index (χ2n) is 5.85. The van der Waals surface area contributed by atoms with Crippen LogP contribution in [0.1, 0.15) is 11.1 Å². The molecule has 4 nitrogen and oxygen atoms in total. The van der Waals surface area contributed by atoms with Gasteiger partial charge in [-0.1, -0.05) is 72.3 Å². The van der Waals surface area contributed by atoms with Crippen LogP contribution in [-0.2, 0) is 22.4 Å². The summed E-state index contributed by atoms with van der Waals surface area (Å²) in [5, 5.41) is 3.00. The molecule has 1 heterocycles. The molecule has 1 aliphatic rings. The fourth-order valence-electron chi connectivity index (χ4n) is 2.76. The Bertz CT molecular complexity index is 788. The molecule has 0 saturated heterocycles. The van der Waals surface area contributed by atoms with Crippen LogP contribution in [0.4, 0.5) is 0 Å². The Kier molecular flexibility index (Phi) is 5.51. The molecule has 1 aliphatic heterocycles. The van der Waals surface area contributed by atoms with Gasteiger partial charge < -0.3 is 5.32 Å². The molecule has 5 heteroatoms. The molecule has 0 atom stereocenters. The molecular formula is C20H19ClN2O2. The topological polar surface area (TPSA) is 49.4 Å². The average molecular weight is 355 g/mol. The zero-order valence-electron chi connectivity index (χ0n) is 13.7. The fourth-order valence-corrected chi connectivity index (χ4v) is 3.01. The van der Waals surface area contributed by atoms with Crippen molar-refractivity contribution < 1.29 is 9.59 Å². The summed E-state index contributed by atoms with van der Waals surface area (Å²) in [6, 6.07) is 19.7. The number of halogens is 1. The van der Waals surface area contributed by atoms with Crippen molar-refractivity contribution in [1.29, 1.82) is 0 Å². The van der Waals surface area contributed by atoms with Crippen LogP contribution in [0.3, 0.4) is 0 Å². The molecule has 3 rings (SSSR count). The van der Waals surface area contributed by atoms with E-state index in [0.717, 1.165) is 17.5 Å². The van der Waals surface area contributed by atoms with Gasteiger partial charge in [-0.3, -0.25) is 14.5 Å². The first-order valence-corrected chi connectivity index (χ1v) is 8.62. The van der Waals surface area contributed by atoms with Gasteiger partial charge >= 0.3 is 0 Å². The molecule has 2 aromatic rings. The predicted molar refractivity (Wildman–Crippen MR) is 97.9 cm³/mol. The first-order valence-electron chi connectivity index (χ1n) is 8.24. The molecule has 2 amide bonds. The first kappa shape index (κ1) is 17.2. The molecule has 0 unspecified atom stereocenters. The maximum Gasteiger partial charge on any atom is 0.278 e. The highest BCUT2D eigenvalue weighted by Gasteiger charge is 2.37. The van der Waals surface area contributed by atoms with E-state index in [0.29, 0.717) is 19.5 Å².